The Bertz CT molecular complexity index is 1490. The third-order valence-corrected chi connectivity index (χ3v) is 9.33. The maximum Gasteiger partial charge on any atom is 0.416 e. The van der Waals surface area contributed by atoms with Crippen molar-refractivity contribution >= 4 is 45.7 Å². The summed E-state index contributed by atoms with van der Waals surface area (Å²) in [4.78, 5) is 30.7. The normalized spacial score (nSPS) is 19.8. The molecule has 2 aromatic heterocycles. The molecule has 4 heterocycles. The standard InChI is InChI=1S/C29H34ClF4N7O2S.CH4/c1-17-5-3-4-7-40(17)15-22-25(19-11-20(29(32,33)34)13-21(30)12-19)37-28(44-22)38-26-24(31)27(36-16-35-26)41-10-9-39(18(2)14-41)8-6-23(42)43;/h11-13,16-18H,3-10,14-15H2,1-2H3,(H,42,43)(H,35,36,37,38);1H4/t17-,18+;/m1./s1. The van der Waals surface area contributed by atoms with E-state index >= 15 is 4.39 Å². The minimum Gasteiger partial charge on any atom is -0.481 e. The maximum atomic E-state index is 15.8. The third-order valence-electron chi connectivity index (χ3n) is 8.16. The number of nitrogens with one attached hydrogen (secondary N) is 1. The fourth-order valence-electron chi connectivity index (χ4n) is 5.73. The lowest BCUT2D eigenvalue weighted by Gasteiger charge is -2.40. The molecule has 15 heteroatoms. The van der Waals surface area contributed by atoms with Gasteiger partial charge in [0.05, 0.1) is 17.7 Å². The molecule has 2 aliphatic heterocycles. The number of piperidine rings is 1. The molecule has 0 amide bonds. The Hall–Kier alpha value is -3.07. The summed E-state index contributed by atoms with van der Waals surface area (Å²) in [5.41, 5.74) is -0.291. The van der Waals surface area contributed by atoms with Crippen LogP contribution in [0.2, 0.25) is 5.02 Å². The molecule has 1 aromatic carbocycles. The first-order valence-corrected chi connectivity index (χ1v) is 15.7. The van der Waals surface area contributed by atoms with E-state index in [1.165, 1.54) is 23.7 Å². The van der Waals surface area contributed by atoms with Crippen molar-refractivity contribution in [3.05, 3.63) is 45.8 Å². The van der Waals surface area contributed by atoms with Gasteiger partial charge in [-0.15, -0.1) is 0 Å². The Kier molecular flexibility index (Phi) is 11.3. The van der Waals surface area contributed by atoms with Crippen molar-refractivity contribution in [2.24, 2.45) is 0 Å². The van der Waals surface area contributed by atoms with Crippen molar-refractivity contribution in [3.8, 4) is 11.3 Å². The average molecular weight is 672 g/mol. The van der Waals surface area contributed by atoms with Gasteiger partial charge >= 0.3 is 12.1 Å². The number of piperazine rings is 1. The largest absolute Gasteiger partial charge is 0.481 e. The number of rotatable bonds is 9. The molecule has 0 aliphatic carbocycles. The molecular formula is C30H38ClF4N7O2S. The van der Waals surface area contributed by atoms with Crippen LogP contribution in [0.25, 0.3) is 11.3 Å². The number of nitrogens with zero attached hydrogens (tertiary/aromatic N) is 6. The van der Waals surface area contributed by atoms with Crippen molar-refractivity contribution in [3.63, 3.8) is 0 Å². The predicted molar refractivity (Wildman–Crippen MR) is 169 cm³/mol. The van der Waals surface area contributed by atoms with Gasteiger partial charge in [0.25, 0.3) is 0 Å². The van der Waals surface area contributed by atoms with E-state index in [1.807, 2.05) is 11.8 Å². The van der Waals surface area contributed by atoms with Gasteiger partial charge in [-0.2, -0.15) is 17.6 Å². The van der Waals surface area contributed by atoms with E-state index in [0.717, 1.165) is 42.8 Å². The first kappa shape index (κ1) is 34.8. The van der Waals surface area contributed by atoms with Crippen LogP contribution in [-0.2, 0) is 17.5 Å². The Balaban J connectivity index is 0.00000461. The molecule has 2 fully saturated rings. The zero-order valence-electron chi connectivity index (χ0n) is 24.4. The van der Waals surface area contributed by atoms with Gasteiger partial charge < -0.3 is 15.3 Å². The van der Waals surface area contributed by atoms with Gasteiger partial charge in [-0.3, -0.25) is 14.6 Å². The van der Waals surface area contributed by atoms with Gasteiger partial charge in [0.15, 0.2) is 16.8 Å². The van der Waals surface area contributed by atoms with E-state index in [4.69, 9.17) is 16.7 Å². The summed E-state index contributed by atoms with van der Waals surface area (Å²) in [6.07, 6.45) is -0.135. The minimum absolute atomic E-state index is 0. The van der Waals surface area contributed by atoms with Crippen LogP contribution in [0.15, 0.2) is 24.5 Å². The lowest BCUT2D eigenvalue weighted by atomic mass is 10.0. The molecule has 3 aromatic rings. The summed E-state index contributed by atoms with van der Waals surface area (Å²) in [5, 5.41) is 12.2. The van der Waals surface area contributed by atoms with Crippen molar-refractivity contribution in [1.82, 2.24) is 24.8 Å². The van der Waals surface area contributed by atoms with E-state index in [0.29, 0.717) is 44.5 Å². The van der Waals surface area contributed by atoms with E-state index in [2.05, 4.69) is 32.1 Å². The molecular weight excluding hydrogens is 634 g/mol. The van der Waals surface area contributed by atoms with Gasteiger partial charge in [0, 0.05) is 60.3 Å². The van der Waals surface area contributed by atoms with Crippen LogP contribution in [-0.4, -0.2) is 80.6 Å². The van der Waals surface area contributed by atoms with E-state index in [-0.39, 0.29) is 47.2 Å². The van der Waals surface area contributed by atoms with Crippen LogP contribution in [0.3, 0.4) is 0 Å². The number of aliphatic carboxylic acids is 1. The number of carboxylic acids is 1. The van der Waals surface area contributed by atoms with Crippen molar-refractivity contribution in [1.29, 1.82) is 0 Å². The van der Waals surface area contributed by atoms with E-state index in [9.17, 15) is 18.0 Å². The lowest BCUT2D eigenvalue weighted by Crippen LogP contribution is -2.52. The number of thiazole rings is 1. The number of anilines is 3. The number of halogens is 5. The second kappa shape index (κ2) is 14.6. The molecule has 2 saturated heterocycles. The average Bonchev–Trinajstić information content (AvgIpc) is 3.36. The van der Waals surface area contributed by atoms with Gasteiger partial charge in [-0.1, -0.05) is 36.8 Å². The SMILES string of the molecule is C.C[C@@H]1CCCCN1Cc1sc(Nc2ncnc(N3CCN(CCC(=O)O)[C@@H](C)C3)c2F)nc1-c1cc(Cl)cc(C(F)(F)F)c1. The van der Waals surface area contributed by atoms with Crippen LogP contribution in [0.1, 0.15) is 57.4 Å². The Morgan fingerprint density at radius 3 is 2.58 bits per heavy atom. The summed E-state index contributed by atoms with van der Waals surface area (Å²) in [6.45, 7) is 7.27. The number of benzene rings is 1. The van der Waals surface area contributed by atoms with Crippen LogP contribution >= 0.6 is 22.9 Å². The molecule has 2 atom stereocenters. The summed E-state index contributed by atoms with van der Waals surface area (Å²) in [7, 11) is 0. The molecule has 5 rings (SSSR count). The smallest absolute Gasteiger partial charge is 0.416 e. The first-order valence-electron chi connectivity index (χ1n) is 14.5. The Morgan fingerprint density at radius 1 is 1.11 bits per heavy atom. The van der Waals surface area contributed by atoms with Gasteiger partial charge in [-0.05, 0) is 51.4 Å². The molecule has 0 saturated carbocycles. The molecule has 246 valence electrons. The number of likely N-dealkylation sites (tertiary alicyclic amines) is 1. The zero-order valence-corrected chi connectivity index (χ0v) is 25.9. The number of carbonyl (C=O) groups is 1. The van der Waals surface area contributed by atoms with E-state index < -0.39 is 23.5 Å². The lowest BCUT2D eigenvalue weighted by molar-refractivity contribution is -0.138. The topological polar surface area (TPSA) is 97.7 Å². The molecule has 0 unspecified atom stereocenters. The minimum atomic E-state index is -4.59. The molecule has 0 radical (unpaired) electrons. The summed E-state index contributed by atoms with van der Waals surface area (Å²) < 4.78 is 56.8. The summed E-state index contributed by atoms with van der Waals surface area (Å²) >= 11 is 7.36. The van der Waals surface area contributed by atoms with Crippen LogP contribution in [0.5, 0.6) is 0 Å². The monoisotopic (exact) mass is 671 g/mol. The number of carboxylic acid groups (broad SMARTS) is 1. The molecule has 9 nitrogen and oxygen atoms in total. The zero-order chi connectivity index (χ0) is 31.6. The molecule has 45 heavy (non-hydrogen) atoms. The summed E-state index contributed by atoms with van der Waals surface area (Å²) in [5.74, 6) is -1.54. The molecule has 2 N–H and O–H groups in total. The quantitative estimate of drug-likeness (QED) is 0.230. The Labute approximate surface area is 269 Å². The fourth-order valence-corrected chi connectivity index (χ4v) is 6.98. The first-order chi connectivity index (χ1) is 20.9. The predicted octanol–water partition coefficient (Wildman–Crippen LogP) is 7.15. The van der Waals surface area contributed by atoms with E-state index in [1.54, 1.807) is 4.90 Å². The highest BCUT2D eigenvalue weighted by Gasteiger charge is 2.32. The molecule has 0 spiro atoms. The Morgan fingerprint density at radius 2 is 1.89 bits per heavy atom. The number of hydrogen-bond acceptors (Lipinski definition) is 9. The summed E-state index contributed by atoms with van der Waals surface area (Å²) in [6, 6.07) is 3.66. The number of alkyl halides is 3. The third kappa shape index (κ3) is 8.40. The van der Waals surface area contributed by atoms with Crippen LogP contribution in [0, 0.1) is 5.82 Å². The van der Waals surface area contributed by atoms with Crippen molar-refractivity contribution in [2.45, 2.75) is 71.8 Å². The van der Waals surface area contributed by atoms with Gasteiger partial charge in [0.2, 0.25) is 5.82 Å². The second-order valence-corrected chi connectivity index (χ2v) is 12.8. The van der Waals surface area contributed by atoms with Crippen LogP contribution in [0.4, 0.5) is 34.3 Å². The van der Waals surface area contributed by atoms with Gasteiger partial charge in [-0.25, -0.2) is 15.0 Å². The molecule has 0 bridgehead atoms. The second-order valence-electron chi connectivity index (χ2n) is 11.3. The van der Waals surface area contributed by atoms with Crippen LogP contribution < -0.4 is 10.2 Å². The maximum absolute atomic E-state index is 15.8. The van der Waals surface area contributed by atoms with Gasteiger partial charge in [0.1, 0.15) is 6.33 Å². The highest BCUT2D eigenvalue weighted by atomic mass is 35.5. The highest BCUT2D eigenvalue weighted by molar-refractivity contribution is 7.16. The highest BCUT2D eigenvalue weighted by Crippen LogP contribution is 2.39. The molecule has 2 aliphatic rings. The van der Waals surface area contributed by atoms with Crippen molar-refractivity contribution < 1.29 is 27.5 Å². The number of aromatic nitrogens is 3. The fraction of sp³-hybridized carbons (Fsp3) is 0.533. The number of hydrogen-bond donors (Lipinski definition) is 2. The van der Waals surface area contributed by atoms with Crippen molar-refractivity contribution in [2.75, 3.05) is 42.9 Å².